The van der Waals surface area contributed by atoms with Gasteiger partial charge in [0.2, 0.25) is 5.91 Å². The maximum atomic E-state index is 12.5. The second kappa shape index (κ2) is 6.18. The molecular formula is C15H20N4O2S. The molecule has 6 nitrogen and oxygen atoms in total. The van der Waals surface area contributed by atoms with Gasteiger partial charge in [-0.1, -0.05) is 0 Å². The highest BCUT2D eigenvalue weighted by atomic mass is 32.1. The molecule has 1 aliphatic rings. The molecule has 2 aromatic heterocycles. The molecule has 0 saturated carbocycles. The van der Waals surface area contributed by atoms with E-state index in [1.807, 2.05) is 31.0 Å². The molecule has 1 saturated heterocycles. The molecule has 22 heavy (non-hydrogen) atoms. The summed E-state index contributed by atoms with van der Waals surface area (Å²) in [5.41, 5.74) is 5.70. The van der Waals surface area contributed by atoms with Gasteiger partial charge in [-0.25, -0.2) is 4.98 Å². The molecule has 7 heteroatoms. The van der Waals surface area contributed by atoms with Gasteiger partial charge in [-0.3, -0.25) is 9.48 Å². The molecule has 1 amide bonds. The van der Waals surface area contributed by atoms with Crippen molar-refractivity contribution in [3.05, 3.63) is 33.5 Å². The molecule has 0 aliphatic carbocycles. The first kappa shape index (κ1) is 15.2. The zero-order chi connectivity index (χ0) is 15.7. The first-order chi connectivity index (χ1) is 10.6. The van der Waals surface area contributed by atoms with E-state index in [9.17, 15) is 4.79 Å². The first-order valence-corrected chi connectivity index (χ1v) is 8.28. The standard InChI is InChI=1S/C15H20N4O2S/c1-9-13(10(2)19(3)18-9)14-12(4-5-21-14)15(20)16-6-11-7-22-8-17-11/h7-8,12,14H,4-6H2,1-3H3,(H,16,20)/t12-,14-/m0/s1. The fraction of sp³-hybridized carbons (Fsp3) is 0.533. The van der Waals surface area contributed by atoms with E-state index in [1.165, 1.54) is 11.3 Å². The lowest BCUT2D eigenvalue weighted by molar-refractivity contribution is -0.127. The lowest BCUT2D eigenvalue weighted by Gasteiger charge is -2.18. The van der Waals surface area contributed by atoms with Crippen molar-refractivity contribution in [3.8, 4) is 0 Å². The summed E-state index contributed by atoms with van der Waals surface area (Å²) in [5.74, 6) is -0.140. The van der Waals surface area contributed by atoms with Crippen molar-refractivity contribution in [2.75, 3.05) is 6.61 Å². The van der Waals surface area contributed by atoms with Crippen molar-refractivity contribution >= 4 is 17.2 Å². The minimum Gasteiger partial charge on any atom is -0.373 e. The van der Waals surface area contributed by atoms with E-state index >= 15 is 0 Å². The fourth-order valence-corrected chi connectivity index (χ4v) is 3.54. The molecule has 1 aliphatic heterocycles. The number of amides is 1. The third kappa shape index (κ3) is 2.78. The van der Waals surface area contributed by atoms with Crippen LogP contribution in [0.1, 0.15) is 35.2 Å². The fourth-order valence-electron chi connectivity index (χ4n) is 2.98. The largest absolute Gasteiger partial charge is 0.373 e. The first-order valence-electron chi connectivity index (χ1n) is 7.34. The van der Waals surface area contributed by atoms with Crippen LogP contribution >= 0.6 is 11.3 Å². The number of nitrogens with one attached hydrogen (secondary N) is 1. The minimum absolute atomic E-state index is 0.0261. The molecule has 118 valence electrons. The lowest BCUT2D eigenvalue weighted by atomic mass is 9.93. The van der Waals surface area contributed by atoms with Crippen LogP contribution in [0.15, 0.2) is 10.9 Å². The molecule has 3 rings (SSSR count). The van der Waals surface area contributed by atoms with Gasteiger partial charge in [-0.15, -0.1) is 11.3 Å². The van der Waals surface area contributed by atoms with Gasteiger partial charge in [0.1, 0.15) is 0 Å². The molecule has 0 aromatic carbocycles. The predicted octanol–water partition coefficient (Wildman–Crippen LogP) is 1.89. The van der Waals surface area contributed by atoms with Crippen LogP contribution in [-0.4, -0.2) is 27.3 Å². The van der Waals surface area contributed by atoms with Gasteiger partial charge in [-0.05, 0) is 20.3 Å². The molecule has 0 unspecified atom stereocenters. The molecule has 3 heterocycles. The number of carbonyl (C=O) groups excluding carboxylic acids is 1. The average molecular weight is 320 g/mol. The van der Waals surface area contributed by atoms with Crippen molar-refractivity contribution in [1.29, 1.82) is 0 Å². The Labute approximate surface area is 133 Å². The number of aromatic nitrogens is 3. The van der Waals surface area contributed by atoms with Crippen molar-refractivity contribution < 1.29 is 9.53 Å². The number of thiazole rings is 1. The summed E-state index contributed by atoms with van der Waals surface area (Å²) in [7, 11) is 1.91. The number of rotatable bonds is 4. The highest BCUT2D eigenvalue weighted by molar-refractivity contribution is 7.07. The van der Waals surface area contributed by atoms with Crippen LogP contribution in [0.3, 0.4) is 0 Å². The van der Waals surface area contributed by atoms with E-state index in [0.717, 1.165) is 29.1 Å². The molecule has 2 atom stereocenters. The van der Waals surface area contributed by atoms with E-state index in [0.29, 0.717) is 13.2 Å². The molecule has 0 bridgehead atoms. The highest BCUT2D eigenvalue weighted by Crippen LogP contribution is 2.37. The summed E-state index contributed by atoms with van der Waals surface area (Å²) in [6.07, 6.45) is 0.533. The Morgan fingerprint density at radius 1 is 1.55 bits per heavy atom. The third-order valence-electron chi connectivity index (χ3n) is 4.21. The second-order valence-corrected chi connectivity index (χ2v) is 6.31. The van der Waals surface area contributed by atoms with Crippen LogP contribution < -0.4 is 5.32 Å². The van der Waals surface area contributed by atoms with Gasteiger partial charge in [0.05, 0.1) is 35.5 Å². The summed E-state index contributed by atoms with van der Waals surface area (Å²) in [6, 6.07) is 0. The van der Waals surface area contributed by atoms with Crippen molar-refractivity contribution in [1.82, 2.24) is 20.1 Å². The molecular weight excluding hydrogens is 300 g/mol. The molecule has 0 spiro atoms. The zero-order valence-corrected chi connectivity index (χ0v) is 13.8. The SMILES string of the molecule is Cc1nn(C)c(C)c1[C@H]1OCC[C@@H]1C(=O)NCc1cscn1. The van der Waals surface area contributed by atoms with E-state index in [2.05, 4.69) is 15.4 Å². The molecule has 0 radical (unpaired) electrons. The normalized spacial score (nSPS) is 21.2. The third-order valence-corrected chi connectivity index (χ3v) is 4.84. The summed E-state index contributed by atoms with van der Waals surface area (Å²) < 4.78 is 7.70. The summed E-state index contributed by atoms with van der Waals surface area (Å²) in [4.78, 5) is 16.7. The van der Waals surface area contributed by atoms with Crippen LogP contribution in [0.5, 0.6) is 0 Å². The van der Waals surface area contributed by atoms with Crippen LogP contribution in [-0.2, 0) is 23.1 Å². The number of hydrogen-bond donors (Lipinski definition) is 1. The molecule has 1 N–H and O–H groups in total. The summed E-state index contributed by atoms with van der Waals surface area (Å²) >= 11 is 1.53. The maximum Gasteiger partial charge on any atom is 0.226 e. The molecule has 2 aromatic rings. The highest BCUT2D eigenvalue weighted by Gasteiger charge is 2.38. The van der Waals surface area contributed by atoms with Gasteiger partial charge >= 0.3 is 0 Å². The monoisotopic (exact) mass is 320 g/mol. The number of hydrogen-bond acceptors (Lipinski definition) is 5. The van der Waals surface area contributed by atoms with Crippen molar-refractivity contribution in [3.63, 3.8) is 0 Å². The van der Waals surface area contributed by atoms with Crippen LogP contribution in [0.25, 0.3) is 0 Å². The quantitative estimate of drug-likeness (QED) is 0.934. The topological polar surface area (TPSA) is 69.0 Å². The Balaban J connectivity index is 1.73. The smallest absolute Gasteiger partial charge is 0.226 e. The van der Waals surface area contributed by atoms with Crippen molar-refractivity contribution in [2.24, 2.45) is 13.0 Å². The van der Waals surface area contributed by atoms with Crippen LogP contribution in [0.2, 0.25) is 0 Å². The van der Waals surface area contributed by atoms with Crippen molar-refractivity contribution in [2.45, 2.75) is 32.9 Å². The van der Waals surface area contributed by atoms with E-state index in [4.69, 9.17) is 4.74 Å². The number of aryl methyl sites for hydroxylation is 2. The Bertz CT molecular complexity index is 665. The number of nitrogens with zero attached hydrogens (tertiary/aromatic N) is 3. The Morgan fingerprint density at radius 3 is 3.00 bits per heavy atom. The number of ether oxygens (including phenoxy) is 1. The van der Waals surface area contributed by atoms with Crippen LogP contribution in [0.4, 0.5) is 0 Å². The van der Waals surface area contributed by atoms with E-state index < -0.39 is 0 Å². The zero-order valence-electron chi connectivity index (χ0n) is 13.0. The van der Waals surface area contributed by atoms with Gasteiger partial charge in [0.25, 0.3) is 0 Å². The Hall–Kier alpha value is -1.73. The lowest BCUT2D eigenvalue weighted by Crippen LogP contribution is -2.32. The van der Waals surface area contributed by atoms with Gasteiger partial charge in [0.15, 0.2) is 0 Å². The number of carbonyl (C=O) groups is 1. The van der Waals surface area contributed by atoms with E-state index in [1.54, 1.807) is 5.51 Å². The minimum atomic E-state index is -0.205. The van der Waals surface area contributed by atoms with E-state index in [-0.39, 0.29) is 17.9 Å². The van der Waals surface area contributed by atoms with Crippen LogP contribution in [0, 0.1) is 19.8 Å². The Morgan fingerprint density at radius 2 is 2.36 bits per heavy atom. The van der Waals surface area contributed by atoms with Gasteiger partial charge < -0.3 is 10.1 Å². The summed E-state index contributed by atoms with van der Waals surface area (Å²) in [6.45, 7) is 5.05. The average Bonchev–Trinajstić information content (AvgIpc) is 3.19. The second-order valence-electron chi connectivity index (χ2n) is 5.59. The Kier molecular flexibility index (Phi) is 4.26. The molecule has 1 fully saturated rings. The predicted molar refractivity (Wildman–Crippen MR) is 83.4 cm³/mol. The van der Waals surface area contributed by atoms with Gasteiger partial charge in [0, 0.05) is 30.3 Å². The maximum absolute atomic E-state index is 12.5. The van der Waals surface area contributed by atoms with Gasteiger partial charge in [-0.2, -0.15) is 5.10 Å². The summed E-state index contributed by atoms with van der Waals surface area (Å²) in [5, 5.41) is 9.35.